The summed E-state index contributed by atoms with van der Waals surface area (Å²) in [5, 5.41) is 3.66. The van der Waals surface area contributed by atoms with E-state index in [1.54, 1.807) is 0 Å². The van der Waals surface area contributed by atoms with Gasteiger partial charge >= 0.3 is 6.09 Å². The molecular weight excluding hydrogens is 314 g/mol. The Morgan fingerprint density at radius 2 is 1.68 bits per heavy atom. The Bertz CT molecular complexity index is 406. The minimum atomic E-state index is -0.417. The molecule has 1 amide bonds. The fourth-order valence-electron chi connectivity index (χ4n) is 4.03. The minimum Gasteiger partial charge on any atom is -0.444 e. The Morgan fingerprint density at radius 3 is 2.20 bits per heavy atom. The second-order valence-electron chi connectivity index (χ2n) is 9.03. The van der Waals surface area contributed by atoms with Gasteiger partial charge in [0, 0.05) is 44.8 Å². The quantitative estimate of drug-likeness (QED) is 0.822. The van der Waals surface area contributed by atoms with E-state index in [1.807, 2.05) is 25.7 Å². The summed E-state index contributed by atoms with van der Waals surface area (Å²) in [6, 6.07) is 1.12. The topological polar surface area (TPSA) is 44.8 Å². The summed E-state index contributed by atoms with van der Waals surface area (Å²) in [5.74, 6) is 0.799. The first-order valence-electron chi connectivity index (χ1n) is 10.2. The van der Waals surface area contributed by atoms with Gasteiger partial charge in [0.2, 0.25) is 0 Å². The summed E-state index contributed by atoms with van der Waals surface area (Å²) in [4.78, 5) is 16.8. The van der Waals surface area contributed by atoms with Crippen LogP contribution in [-0.4, -0.2) is 66.3 Å². The van der Waals surface area contributed by atoms with Crippen molar-refractivity contribution in [1.82, 2.24) is 15.1 Å². The monoisotopic (exact) mass is 353 g/mol. The van der Waals surface area contributed by atoms with Crippen LogP contribution in [0.4, 0.5) is 4.79 Å². The first-order valence-corrected chi connectivity index (χ1v) is 10.2. The molecule has 1 saturated heterocycles. The lowest BCUT2D eigenvalue weighted by atomic mass is 9.83. The van der Waals surface area contributed by atoms with Gasteiger partial charge in [0.15, 0.2) is 0 Å². The normalized spacial score (nSPS) is 22.2. The Hall–Kier alpha value is -0.810. The van der Waals surface area contributed by atoms with E-state index in [0.29, 0.717) is 12.1 Å². The molecule has 1 unspecified atom stereocenters. The van der Waals surface area contributed by atoms with Crippen LogP contribution in [-0.2, 0) is 4.74 Å². The lowest BCUT2D eigenvalue weighted by Crippen LogP contribution is -2.57. The number of amides is 1. The lowest BCUT2D eigenvalue weighted by Gasteiger charge is -2.43. The van der Waals surface area contributed by atoms with E-state index in [1.165, 1.54) is 32.1 Å². The van der Waals surface area contributed by atoms with Gasteiger partial charge in [-0.3, -0.25) is 4.90 Å². The van der Waals surface area contributed by atoms with E-state index in [9.17, 15) is 4.79 Å². The van der Waals surface area contributed by atoms with Crippen LogP contribution in [0.1, 0.15) is 66.7 Å². The van der Waals surface area contributed by atoms with Crippen LogP contribution in [0, 0.1) is 5.92 Å². The Kier molecular flexibility index (Phi) is 7.56. The third-order valence-corrected chi connectivity index (χ3v) is 5.36. The van der Waals surface area contributed by atoms with Crippen molar-refractivity contribution in [3.05, 3.63) is 0 Å². The molecule has 0 spiro atoms. The molecule has 1 N–H and O–H groups in total. The summed E-state index contributed by atoms with van der Waals surface area (Å²) in [5.41, 5.74) is -0.417. The Morgan fingerprint density at radius 1 is 1.08 bits per heavy atom. The SMILES string of the molecule is CC(C)NCC(C1CCCCC1)N1CCN(C(=O)OC(C)(C)C)CC1. The number of ether oxygens (including phenoxy) is 1. The molecule has 1 heterocycles. The number of carbonyl (C=O) groups is 1. The van der Waals surface area contributed by atoms with Gasteiger partial charge < -0.3 is 15.0 Å². The highest BCUT2D eigenvalue weighted by molar-refractivity contribution is 5.68. The number of nitrogens with zero attached hydrogens (tertiary/aromatic N) is 2. The molecular formula is C20H39N3O2. The predicted molar refractivity (Wildman–Crippen MR) is 103 cm³/mol. The van der Waals surface area contributed by atoms with Crippen LogP contribution < -0.4 is 5.32 Å². The zero-order valence-corrected chi connectivity index (χ0v) is 17.0. The minimum absolute atomic E-state index is 0.165. The number of carbonyl (C=O) groups excluding carboxylic acids is 1. The van der Waals surface area contributed by atoms with Gasteiger partial charge in [0.1, 0.15) is 5.60 Å². The van der Waals surface area contributed by atoms with Gasteiger partial charge in [0.25, 0.3) is 0 Å². The molecule has 2 fully saturated rings. The second kappa shape index (κ2) is 9.22. The van der Waals surface area contributed by atoms with Gasteiger partial charge in [-0.05, 0) is 39.5 Å². The molecule has 5 heteroatoms. The van der Waals surface area contributed by atoms with Crippen LogP contribution >= 0.6 is 0 Å². The molecule has 146 valence electrons. The maximum absolute atomic E-state index is 12.3. The van der Waals surface area contributed by atoms with Crippen LogP contribution in [0.2, 0.25) is 0 Å². The molecule has 2 rings (SSSR count). The molecule has 1 atom stereocenters. The van der Waals surface area contributed by atoms with Crippen LogP contribution in [0.15, 0.2) is 0 Å². The maximum atomic E-state index is 12.3. The van der Waals surface area contributed by atoms with Crippen molar-refractivity contribution in [2.24, 2.45) is 5.92 Å². The molecule has 1 saturated carbocycles. The highest BCUT2D eigenvalue weighted by Crippen LogP contribution is 2.29. The van der Waals surface area contributed by atoms with E-state index in [-0.39, 0.29) is 6.09 Å². The van der Waals surface area contributed by atoms with Gasteiger partial charge in [-0.15, -0.1) is 0 Å². The summed E-state index contributed by atoms with van der Waals surface area (Å²) in [7, 11) is 0. The summed E-state index contributed by atoms with van der Waals surface area (Å²) in [6.45, 7) is 14.8. The third-order valence-electron chi connectivity index (χ3n) is 5.36. The van der Waals surface area contributed by atoms with Crippen LogP contribution in [0.5, 0.6) is 0 Å². The van der Waals surface area contributed by atoms with Gasteiger partial charge in [-0.25, -0.2) is 4.79 Å². The molecule has 0 aromatic rings. The molecule has 2 aliphatic rings. The van der Waals surface area contributed by atoms with Crippen LogP contribution in [0.3, 0.4) is 0 Å². The fourth-order valence-corrected chi connectivity index (χ4v) is 4.03. The van der Waals surface area contributed by atoms with Crippen molar-refractivity contribution in [3.8, 4) is 0 Å². The number of nitrogens with one attached hydrogen (secondary N) is 1. The fraction of sp³-hybridized carbons (Fsp3) is 0.950. The Labute approximate surface area is 154 Å². The van der Waals surface area contributed by atoms with E-state index in [4.69, 9.17) is 4.74 Å². The van der Waals surface area contributed by atoms with Crippen molar-refractivity contribution in [2.75, 3.05) is 32.7 Å². The van der Waals surface area contributed by atoms with Crippen molar-refractivity contribution in [1.29, 1.82) is 0 Å². The average Bonchev–Trinajstić information content (AvgIpc) is 2.55. The molecule has 0 aromatic carbocycles. The van der Waals surface area contributed by atoms with Gasteiger partial charge in [0.05, 0.1) is 0 Å². The molecule has 25 heavy (non-hydrogen) atoms. The standard InChI is InChI=1S/C20H39N3O2/c1-16(2)21-15-18(17-9-7-6-8-10-17)22-11-13-23(14-12-22)19(24)25-20(3,4)5/h16-18,21H,6-15H2,1-5H3. The lowest BCUT2D eigenvalue weighted by molar-refractivity contribution is 0.00478. The van der Waals surface area contributed by atoms with Crippen LogP contribution in [0.25, 0.3) is 0 Å². The van der Waals surface area contributed by atoms with E-state index < -0.39 is 5.60 Å². The third kappa shape index (κ3) is 6.78. The number of hydrogen-bond acceptors (Lipinski definition) is 4. The van der Waals surface area contributed by atoms with Crippen molar-refractivity contribution < 1.29 is 9.53 Å². The van der Waals surface area contributed by atoms with Gasteiger partial charge in [-0.1, -0.05) is 33.1 Å². The zero-order chi connectivity index (χ0) is 18.4. The smallest absolute Gasteiger partial charge is 0.410 e. The predicted octanol–water partition coefficient (Wildman–Crippen LogP) is 3.49. The average molecular weight is 354 g/mol. The molecule has 1 aliphatic heterocycles. The van der Waals surface area contributed by atoms with E-state index in [0.717, 1.165) is 38.6 Å². The van der Waals surface area contributed by atoms with E-state index in [2.05, 4.69) is 24.1 Å². The van der Waals surface area contributed by atoms with Crippen molar-refractivity contribution >= 4 is 6.09 Å². The first kappa shape index (κ1) is 20.5. The first-order chi connectivity index (χ1) is 11.8. The molecule has 0 radical (unpaired) electrons. The largest absolute Gasteiger partial charge is 0.444 e. The number of piperazine rings is 1. The van der Waals surface area contributed by atoms with Crippen molar-refractivity contribution in [3.63, 3.8) is 0 Å². The number of hydrogen-bond donors (Lipinski definition) is 1. The summed E-state index contributed by atoms with van der Waals surface area (Å²) >= 11 is 0. The molecule has 0 bridgehead atoms. The summed E-state index contributed by atoms with van der Waals surface area (Å²) in [6.07, 6.45) is 6.70. The zero-order valence-electron chi connectivity index (χ0n) is 17.0. The number of rotatable bonds is 5. The van der Waals surface area contributed by atoms with Crippen molar-refractivity contribution in [2.45, 2.75) is 84.4 Å². The molecule has 0 aromatic heterocycles. The molecule has 1 aliphatic carbocycles. The second-order valence-corrected chi connectivity index (χ2v) is 9.03. The Balaban J connectivity index is 1.90. The van der Waals surface area contributed by atoms with Gasteiger partial charge in [-0.2, -0.15) is 0 Å². The maximum Gasteiger partial charge on any atom is 0.410 e. The highest BCUT2D eigenvalue weighted by Gasteiger charge is 2.33. The van der Waals surface area contributed by atoms with E-state index >= 15 is 0 Å². The molecule has 5 nitrogen and oxygen atoms in total. The summed E-state index contributed by atoms with van der Waals surface area (Å²) < 4.78 is 5.52. The highest BCUT2D eigenvalue weighted by atomic mass is 16.6.